The van der Waals surface area contributed by atoms with E-state index in [4.69, 9.17) is 9.78 Å². The van der Waals surface area contributed by atoms with Crippen LogP contribution < -0.4 is 4.89 Å². The Morgan fingerprint density at radius 2 is 1.72 bits per heavy atom. The molecule has 0 aliphatic rings. The molecule has 0 radical (unpaired) electrons. The number of rotatable bonds is 6. The molecule has 1 atom stereocenters. The van der Waals surface area contributed by atoms with Crippen molar-refractivity contribution >= 4 is 7.60 Å². The molecule has 2 aromatic rings. The average Bonchev–Trinajstić information content (AvgIpc) is 2.49. The average molecular weight is 364 g/mol. The van der Waals surface area contributed by atoms with Crippen LogP contribution in [0.1, 0.15) is 47.6 Å². The molecule has 0 aliphatic heterocycles. The van der Waals surface area contributed by atoms with Crippen LogP contribution in [0.15, 0.2) is 30.3 Å². The largest absolute Gasteiger partial charge is 0.508 e. The zero-order chi connectivity index (χ0) is 18.8. The van der Waals surface area contributed by atoms with Crippen LogP contribution in [0.25, 0.3) is 0 Å². The number of aromatic hydroxyl groups is 1. The minimum absolute atomic E-state index is 0.248. The van der Waals surface area contributed by atoms with E-state index in [1.165, 1.54) is 0 Å². The van der Waals surface area contributed by atoms with Gasteiger partial charge in [0.1, 0.15) is 5.75 Å². The quantitative estimate of drug-likeness (QED) is 0.435. The van der Waals surface area contributed by atoms with Crippen LogP contribution in [0.2, 0.25) is 0 Å². The molecule has 5 nitrogen and oxygen atoms in total. The number of benzene rings is 2. The second kappa shape index (κ2) is 7.61. The van der Waals surface area contributed by atoms with E-state index in [0.29, 0.717) is 11.5 Å². The van der Waals surface area contributed by atoms with Crippen molar-refractivity contribution in [2.75, 3.05) is 6.66 Å². The van der Waals surface area contributed by atoms with E-state index in [1.54, 1.807) is 18.2 Å². The number of phenols is 1. The lowest BCUT2D eigenvalue weighted by Gasteiger charge is -2.15. The first-order chi connectivity index (χ1) is 11.6. The summed E-state index contributed by atoms with van der Waals surface area (Å²) in [5.74, 6) is 0.961. The van der Waals surface area contributed by atoms with Crippen molar-refractivity contribution in [2.45, 2.75) is 40.0 Å². The van der Waals surface area contributed by atoms with Crippen molar-refractivity contribution in [3.8, 4) is 11.5 Å². The molecule has 1 unspecified atom stereocenters. The van der Waals surface area contributed by atoms with Gasteiger partial charge in [-0.05, 0) is 72.2 Å². The fourth-order valence-corrected chi connectivity index (χ4v) is 3.00. The van der Waals surface area contributed by atoms with Gasteiger partial charge in [-0.1, -0.05) is 26.0 Å². The van der Waals surface area contributed by atoms with Gasteiger partial charge >= 0.3 is 7.60 Å². The van der Waals surface area contributed by atoms with Gasteiger partial charge in [-0.3, -0.25) is 4.57 Å². The first kappa shape index (κ1) is 19.5. The molecule has 0 amide bonds. The van der Waals surface area contributed by atoms with Gasteiger partial charge in [0, 0.05) is 6.66 Å². The molecule has 0 saturated heterocycles. The molecule has 25 heavy (non-hydrogen) atoms. The highest BCUT2D eigenvalue weighted by Gasteiger charge is 2.15. The van der Waals surface area contributed by atoms with E-state index in [2.05, 4.69) is 18.5 Å². The van der Waals surface area contributed by atoms with E-state index in [1.807, 2.05) is 26.0 Å². The molecule has 0 heterocycles. The van der Waals surface area contributed by atoms with Crippen molar-refractivity contribution in [2.24, 2.45) is 0 Å². The smallest absolute Gasteiger partial charge is 0.363 e. The van der Waals surface area contributed by atoms with Gasteiger partial charge in [0.15, 0.2) is 5.75 Å². The molecule has 0 fully saturated rings. The summed E-state index contributed by atoms with van der Waals surface area (Å²) in [6.45, 7) is 9.09. The highest BCUT2D eigenvalue weighted by atomic mass is 31.2. The lowest BCUT2D eigenvalue weighted by molar-refractivity contribution is -0.107. The normalized spacial score (nSPS) is 13.7. The zero-order valence-corrected chi connectivity index (χ0v) is 16.1. The minimum atomic E-state index is -3.69. The summed E-state index contributed by atoms with van der Waals surface area (Å²) in [5, 5.41) is 9.97. The number of phenolic OH excluding ortho intramolecular Hbond substituents is 1. The molecule has 2 rings (SSSR count). The van der Waals surface area contributed by atoms with E-state index in [9.17, 15) is 9.67 Å². The SMILES string of the molecule is Cc1cc(OOP(C)(=O)O)cc(C)c1Cc1ccc(O)c(C(C)C)c1. The maximum Gasteiger partial charge on any atom is 0.363 e. The standard InChI is InChI=1S/C19H25O5P/c1-12(2)17-10-15(6-7-19(17)20)11-18-13(3)8-16(9-14(18)4)23-24-25(5,21)22/h6-10,12,20H,11H2,1-5H3,(H,21,22). The van der Waals surface area contributed by atoms with Crippen molar-refractivity contribution in [1.29, 1.82) is 0 Å². The van der Waals surface area contributed by atoms with E-state index in [-0.39, 0.29) is 5.92 Å². The summed E-state index contributed by atoms with van der Waals surface area (Å²) in [5.41, 5.74) is 5.20. The van der Waals surface area contributed by atoms with Crippen LogP contribution in [-0.2, 0) is 15.7 Å². The first-order valence-electron chi connectivity index (χ1n) is 8.15. The molecule has 6 heteroatoms. The molecule has 0 spiro atoms. The van der Waals surface area contributed by atoms with Crippen LogP contribution in [0, 0.1) is 13.8 Å². The van der Waals surface area contributed by atoms with Gasteiger partial charge in [0.05, 0.1) is 0 Å². The monoisotopic (exact) mass is 364 g/mol. The Hall–Kier alpha value is -1.81. The molecule has 0 bridgehead atoms. The predicted molar refractivity (Wildman–Crippen MR) is 98.4 cm³/mol. The van der Waals surface area contributed by atoms with Crippen LogP contribution >= 0.6 is 7.60 Å². The third-order valence-corrected chi connectivity index (χ3v) is 4.39. The molecule has 2 aromatic carbocycles. The van der Waals surface area contributed by atoms with Crippen molar-refractivity contribution in [3.63, 3.8) is 0 Å². The first-order valence-corrected chi connectivity index (χ1v) is 10.2. The van der Waals surface area contributed by atoms with Gasteiger partial charge < -0.3 is 14.9 Å². The lowest BCUT2D eigenvalue weighted by atomic mass is 9.93. The van der Waals surface area contributed by atoms with Crippen LogP contribution in [0.5, 0.6) is 11.5 Å². The molecular formula is C19H25O5P. The maximum atomic E-state index is 11.2. The summed E-state index contributed by atoms with van der Waals surface area (Å²) >= 11 is 0. The van der Waals surface area contributed by atoms with E-state index in [0.717, 1.165) is 40.9 Å². The van der Waals surface area contributed by atoms with Crippen LogP contribution in [0.3, 0.4) is 0 Å². The molecule has 0 aliphatic carbocycles. The summed E-state index contributed by atoms with van der Waals surface area (Å²) in [7, 11) is -3.69. The van der Waals surface area contributed by atoms with Gasteiger partial charge in [-0.25, -0.2) is 0 Å². The second-order valence-electron chi connectivity index (χ2n) is 6.72. The zero-order valence-electron chi connectivity index (χ0n) is 15.2. The minimum Gasteiger partial charge on any atom is -0.508 e. The van der Waals surface area contributed by atoms with E-state index >= 15 is 0 Å². The second-order valence-corrected chi connectivity index (χ2v) is 8.48. The topological polar surface area (TPSA) is 76.0 Å². The Morgan fingerprint density at radius 3 is 2.24 bits per heavy atom. The van der Waals surface area contributed by atoms with Crippen LogP contribution in [0.4, 0.5) is 0 Å². The Morgan fingerprint density at radius 1 is 1.12 bits per heavy atom. The van der Waals surface area contributed by atoms with Gasteiger partial charge in [-0.2, -0.15) is 0 Å². The predicted octanol–water partition coefficient (Wildman–Crippen LogP) is 4.85. The maximum absolute atomic E-state index is 11.2. The third kappa shape index (κ3) is 5.33. The fraction of sp³-hybridized carbons (Fsp3) is 0.368. The third-order valence-electron chi connectivity index (χ3n) is 4.04. The van der Waals surface area contributed by atoms with Crippen molar-refractivity contribution < 1.29 is 24.1 Å². The Bertz CT molecular complexity index is 784. The summed E-state index contributed by atoms with van der Waals surface area (Å²) in [4.78, 5) is 14.1. The Balaban J connectivity index is 2.26. The Labute approximate surface area is 148 Å². The molecule has 0 saturated carbocycles. The summed E-state index contributed by atoms with van der Waals surface area (Å²) in [6, 6.07) is 9.25. The number of hydrogen-bond acceptors (Lipinski definition) is 4. The lowest BCUT2D eigenvalue weighted by Crippen LogP contribution is -2.00. The van der Waals surface area contributed by atoms with Gasteiger partial charge in [-0.15, -0.1) is 4.67 Å². The fourth-order valence-electron chi connectivity index (χ4n) is 2.77. The van der Waals surface area contributed by atoms with Crippen molar-refractivity contribution in [1.82, 2.24) is 0 Å². The Kier molecular flexibility index (Phi) is 5.94. The van der Waals surface area contributed by atoms with E-state index < -0.39 is 7.60 Å². The highest BCUT2D eigenvalue weighted by molar-refractivity contribution is 7.51. The molecule has 136 valence electrons. The number of aryl methyl sites for hydroxylation is 2. The van der Waals surface area contributed by atoms with Crippen LogP contribution in [-0.4, -0.2) is 16.7 Å². The van der Waals surface area contributed by atoms with Gasteiger partial charge in [0.25, 0.3) is 0 Å². The molecule has 0 aromatic heterocycles. The highest BCUT2D eigenvalue weighted by Crippen LogP contribution is 2.38. The summed E-state index contributed by atoms with van der Waals surface area (Å²) in [6.07, 6.45) is 0.727. The molecule has 2 N–H and O–H groups in total. The molecular weight excluding hydrogens is 339 g/mol. The summed E-state index contributed by atoms with van der Waals surface area (Å²) < 4.78 is 15.7. The van der Waals surface area contributed by atoms with Gasteiger partial charge in [0.2, 0.25) is 0 Å². The van der Waals surface area contributed by atoms with Crippen molar-refractivity contribution in [3.05, 3.63) is 58.1 Å². The number of hydrogen-bond donors (Lipinski definition) is 2.